The minimum atomic E-state index is 0. The number of hydrogen-bond acceptors (Lipinski definition) is 1. The van der Waals surface area contributed by atoms with Gasteiger partial charge in [-0.3, -0.25) is 0 Å². The van der Waals surface area contributed by atoms with E-state index in [1.807, 2.05) is 36.4 Å². The van der Waals surface area contributed by atoms with Gasteiger partial charge >= 0.3 is 0 Å². The van der Waals surface area contributed by atoms with Crippen LogP contribution in [0.25, 0.3) is 10.8 Å². The van der Waals surface area contributed by atoms with E-state index in [1.165, 1.54) is 0 Å². The summed E-state index contributed by atoms with van der Waals surface area (Å²) in [5, 5.41) is 11.4. The Kier molecular flexibility index (Phi) is 4.16. The molecule has 1 N–H and O–H groups in total. The first-order chi connectivity index (χ1) is 5.38. The fourth-order valence-corrected chi connectivity index (χ4v) is 1.21. The van der Waals surface area contributed by atoms with Crippen LogP contribution < -0.4 is 0 Å². The first-order valence-corrected chi connectivity index (χ1v) is 3.54. The number of aromatic hydroxyl groups is 1. The van der Waals surface area contributed by atoms with Crippen LogP contribution in [0.4, 0.5) is 0 Å². The van der Waals surface area contributed by atoms with E-state index in [2.05, 4.69) is 0 Å². The zero-order chi connectivity index (χ0) is 7.68. The summed E-state index contributed by atoms with van der Waals surface area (Å²) in [6, 6.07) is 13.3. The van der Waals surface area contributed by atoms with Gasteiger partial charge in [0.05, 0.1) is 0 Å². The van der Waals surface area contributed by atoms with Crippen molar-refractivity contribution >= 4 is 79.7 Å². The molecule has 0 spiro atoms. The number of benzene rings is 2. The molecule has 2 aromatic carbocycles. The molecule has 0 amide bonds. The van der Waals surface area contributed by atoms with E-state index in [9.17, 15) is 5.11 Å². The van der Waals surface area contributed by atoms with E-state index in [0.717, 1.165) is 10.8 Å². The summed E-state index contributed by atoms with van der Waals surface area (Å²) in [6.07, 6.45) is 0. The van der Waals surface area contributed by atoms with Crippen LogP contribution in [0.15, 0.2) is 42.5 Å². The smallest absolute Gasteiger partial charge is 0.123 e. The van der Waals surface area contributed by atoms with Crippen molar-refractivity contribution in [1.29, 1.82) is 0 Å². The maximum absolute atomic E-state index is 9.37. The van der Waals surface area contributed by atoms with Crippen LogP contribution in [-0.4, -0.2) is 74.0 Å². The van der Waals surface area contributed by atoms with Crippen LogP contribution in [0.1, 0.15) is 0 Å². The zero-order valence-electron chi connectivity index (χ0n) is 6.99. The van der Waals surface area contributed by atoms with Crippen LogP contribution in [0, 0.1) is 0 Å². The van der Waals surface area contributed by atoms with E-state index in [0.29, 0.717) is 5.75 Å². The molecular formula is C10H8CsO. The SMILES string of the molecule is Oc1cccc2ccccc12.[Cs]. The summed E-state index contributed by atoms with van der Waals surface area (Å²) in [7, 11) is 0. The Hall–Kier alpha value is 0.552. The largest absolute Gasteiger partial charge is 0.507 e. The Morgan fingerprint density at radius 3 is 2.25 bits per heavy atom. The minimum absolute atomic E-state index is 0. The van der Waals surface area contributed by atoms with E-state index >= 15 is 0 Å². The predicted molar refractivity (Wildman–Crippen MR) is 51.4 cm³/mol. The third-order valence-corrected chi connectivity index (χ3v) is 1.77. The molecule has 1 nitrogen and oxygen atoms in total. The molecule has 0 unspecified atom stereocenters. The number of fused-ring (bicyclic) bond motifs is 1. The van der Waals surface area contributed by atoms with Gasteiger partial charge in [0.1, 0.15) is 5.75 Å². The van der Waals surface area contributed by atoms with E-state index in [1.54, 1.807) is 6.07 Å². The molecule has 0 saturated heterocycles. The van der Waals surface area contributed by atoms with Crippen molar-refractivity contribution in [2.24, 2.45) is 0 Å². The summed E-state index contributed by atoms with van der Waals surface area (Å²) < 4.78 is 0. The molecule has 0 saturated carbocycles. The second-order valence-corrected chi connectivity index (χ2v) is 2.50. The summed E-state index contributed by atoms with van der Waals surface area (Å²) in [5.41, 5.74) is 0. The molecule has 2 aromatic rings. The van der Waals surface area contributed by atoms with E-state index < -0.39 is 0 Å². The Bertz CT molecular complexity index is 379. The van der Waals surface area contributed by atoms with Gasteiger partial charge in [-0.05, 0) is 11.5 Å². The number of hydrogen-bond donors (Lipinski definition) is 1. The number of phenols is 1. The van der Waals surface area contributed by atoms with Gasteiger partial charge in [-0.1, -0.05) is 36.4 Å². The Morgan fingerprint density at radius 1 is 0.833 bits per heavy atom. The summed E-state index contributed by atoms with van der Waals surface area (Å²) in [6.45, 7) is 0. The van der Waals surface area contributed by atoms with Crippen LogP contribution >= 0.6 is 0 Å². The van der Waals surface area contributed by atoms with Crippen molar-refractivity contribution in [2.75, 3.05) is 0 Å². The average Bonchev–Trinajstić information content (AvgIpc) is 2.06. The van der Waals surface area contributed by atoms with Crippen molar-refractivity contribution in [3.05, 3.63) is 42.5 Å². The number of rotatable bonds is 0. The second kappa shape index (κ2) is 4.69. The third-order valence-electron chi connectivity index (χ3n) is 1.77. The van der Waals surface area contributed by atoms with Crippen molar-refractivity contribution in [2.45, 2.75) is 0 Å². The van der Waals surface area contributed by atoms with Crippen LogP contribution in [0.2, 0.25) is 0 Å². The van der Waals surface area contributed by atoms with Crippen molar-refractivity contribution in [1.82, 2.24) is 0 Å². The van der Waals surface area contributed by atoms with Gasteiger partial charge in [0, 0.05) is 74.3 Å². The van der Waals surface area contributed by atoms with Gasteiger partial charge in [-0.15, -0.1) is 0 Å². The second-order valence-electron chi connectivity index (χ2n) is 2.50. The summed E-state index contributed by atoms with van der Waals surface area (Å²) >= 11 is 0. The van der Waals surface area contributed by atoms with Gasteiger partial charge in [0.25, 0.3) is 0 Å². The molecule has 0 bridgehead atoms. The van der Waals surface area contributed by atoms with Crippen LogP contribution in [0.3, 0.4) is 0 Å². The molecule has 1 radical (unpaired) electrons. The molecule has 0 aromatic heterocycles. The molecule has 12 heavy (non-hydrogen) atoms. The molecule has 0 atom stereocenters. The van der Waals surface area contributed by atoms with Crippen LogP contribution in [0.5, 0.6) is 5.75 Å². The van der Waals surface area contributed by atoms with Crippen molar-refractivity contribution < 1.29 is 5.11 Å². The fourth-order valence-electron chi connectivity index (χ4n) is 1.21. The van der Waals surface area contributed by atoms with E-state index in [-0.39, 0.29) is 68.9 Å². The fraction of sp³-hybridized carbons (Fsp3) is 0. The van der Waals surface area contributed by atoms with Gasteiger partial charge in [0.15, 0.2) is 0 Å². The minimum Gasteiger partial charge on any atom is -0.507 e. The molecule has 0 aliphatic carbocycles. The maximum atomic E-state index is 9.37. The first-order valence-electron chi connectivity index (χ1n) is 3.54. The monoisotopic (exact) mass is 277 g/mol. The van der Waals surface area contributed by atoms with Gasteiger partial charge in [0.2, 0.25) is 0 Å². The molecule has 2 heteroatoms. The zero-order valence-corrected chi connectivity index (χ0v) is 13.3. The van der Waals surface area contributed by atoms with Crippen molar-refractivity contribution in [3.8, 4) is 5.75 Å². The third kappa shape index (κ3) is 2.07. The summed E-state index contributed by atoms with van der Waals surface area (Å²) in [4.78, 5) is 0. The Labute approximate surface area is 130 Å². The predicted octanol–water partition coefficient (Wildman–Crippen LogP) is 2.16. The normalized spacial score (nSPS) is 9.33. The van der Waals surface area contributed by atoms with Gasteiger partial charge in [-0.2, -0.15) is 0 Å². The van der Waals surface area contributed by atoms with Gasteiger partial charge in [-0.25, -0.2) is 0 Å². The molecule has 2 rings (SSSR count). The standard InChI is InChI=1S/C10H8O.Cs/c11-10-7-3-5-8-4-1-2-6-9(8)10;/h1-7,11H;. The average molecular weight is 277 g/mol. The summed E-state index contributed by atoms with van der Waals surface area (Å²) in [5.74, 6) is 0.350. The molecule has 0 aliphatic rings. The topological polar surface area (TPSA) is 20.2 Å². The van der Waals surface area contributed by atoms with Crippen molar-refractivity contribution in [3.63, 3.8) is 0 Å². The van der Waals surface area contributed by atoms with Crippen LogP contribution in [-0.2, 0) is 0 Å². The molecule has 0 heterocycles. The quantitative estimate of drug-likeness (QED) is 0.782. The molecule has 0 aliphatic heterocycles. The van der Waals surface area contributed by atoms with E-state index in [4.69, 9.17) is 0 Å². The first kappa shape index (κ1) is 10.6. The number of phenolic OH excluding ortho intramolecular Hbond substituents is 1. The molecule has 0 fully saturated rings. The molecular weight excluding hydrogens is 269 g/mol. The van der Waals surface area contributed by atoms with Gasteiger partial charge < -0.3 is 5.11 Å². The maximum Gasteiger partial charge on any atom is 0.123 e. The Balaban J connectivity index is 0.000000720. The molecule has 55 valence electrons. The Morgan fingerprint density at radius 2 is 1.50 bits per heavy atom.